The molecule has 3 aromatic rings. The fourth-order valence-electron chi connectivity index (χ4n) is 3.84. The van der Waals surface area contributed by atoms with Crippen LogP contribution in [-0.4, -0.2) is 28.8 Å². The lowest BCUT2D eigenvalue weighted by Crippen LogP contribution is -2.29. The van der Waals surface area contributed by atoms with E-state index in [4.69, 9.17) is 0 Å². The summed E-state index contributed by atoms with van der Waals surface area (Å²) in [5, 5.41) is 1.02. The Morgan fingerprint density at radius 2 is 2.08 bits per heavy atom. The minimum atomic E-state index is 0.201. The Morgan fingerprint density at radius 3 is 2.96 bits per heavy atom. The first kappa shape index (κ1) is 15.2. The Kier molecular flexibility index (Phi) is 3.95. The third-order valence-electron chi connectivity index (χ3n) is 5.03. The van der Waals surface area contributed by atoms with Gasteiger partial charge in [0.25, 0.3) is 0 Å². The van der Waals surface area contributed by atoms with E-state index in [9.17, 15) is 4.79 Å². The molecule has 0 amide bonds. The lowest BCUT2D eigenvalue weighted by molar-refractivity contribution is 0.0923. The second kappa shape index (κ2) is 6.25. The molecule has 3 heteroatoms. The molecule has 122 valence electrons. The van der Waals surface area contributed by atoms with Gasteiger partial charge in [-0.2, -0.15) is 0 Å². The molecule has 3 nitrogen and oxygen atoms in total. The number of hydrogen-bond acceptors (Lipinski definition) is 2. The van der Waals surface area contributed by atoms with Crippen molar-refractivity contribution < 1.29 is 4.79 Å². The predicted molar refractivity (Wildman–Crippen MR) is 97.4 cm³/mol. The zero-order valence-corrected chi connectivity index (χ0v) is 14.0. The highest BCUT2D eigenvalue weighted by molar-refractivity contribution is 6.08. The van der Waals surface area contributed by atoms with Crippen LogP contribution >= 0.6 is 0 Å². The number of H-pyrrole nitrogens is 1. The Morgan fingerprint density at radius 1 is 1.21 bits per heavy atom. The van der Waals surface area contributed by atoms with Crippen LogP contribution in [0.15, 0.2) is 54.7 Å². The molecule has 24 heavy (non-hydrogen) atoms. The highest BCUT2D eigenvalue weighted by Gasteiger charge is 2.28. The van der Waals surface area contributed by atoms with Gasteiger partial charge in [0.15, 0.2) is 5.78 Å². The first-order valence-electron chi connectivity index (χ1n) is 8.62. The van der Waals surface area contributed by atoms with Gasteiger partial charge in [-0.15, -0.1) is 0 Å². The largest absolute Gasteiger partial charge is 0.360 e. The van der Waals surface area contributed by atoms with Gasteiger partial charge in [-0.1, -0.05) is 48.0 Å². The summed E-state index contributed by atoms with van der Waals surface area (Å²) in [5.41, 5.74) is 4.44. The Hall–Kier alpha value is -2.39. The smallest absolute Gasteiger partial charge is 0.178 e. The third kappa shape index (κ3) is 2.76. The maximum Gasteiger partial charge on any atom is 0.178 e. The van der Waals surface area contributed by atoms with Crippen molar-refractivity contribution in [2.24, 2.45) is 0 Å². The third-order valence-corrected chi connectivity index (χ3v) is 5.03. The molecule has 0 saturated carbocycles. The van der Waals surface area contributed by atoms with Crippen LogP contribution < -0.4 is 0 Å². The van der Waals surface area contributed by atoms with Gasteiger partial charge in [0.1, 0.15) is 0 Å². The molecule has 1 aliphatic rings. The van der Waals surface area contributed by atoms with Crippen molar-refractivity contribution in [3.63, 3.8) is 0 Å². The van der Waals surface area contributed by atoms with Gasteiger partial charge in [0.2, 0.25) is 0 Å². The normalized spacial score (nSPS) is 18.3. The summed E-state index contributed by atoms with van der Waals surface area (Å²) in [6, 6.07) is 17.0. The molecule has 0 aliphatic carbocycles. The molecule has 2 heterocycles. The van der Waals surface area contributed by atoms with E-state index >= 15 is 0 Å². The van der Waals surface area contributed by atoms with Crippen LogP contribution in [0.2, 0.25) is 0 Å². The molecule has 1 atom stereocenters. The predicted octanol–water partition coefficient (Wildman–Crippen LogP) is 4.50. The number of nitrogens with one attached hydrogen (secondary N) is 1. The number of rotatable bonds is 4. The first-order chi connectivity index (χ1) is 11.7. The molecule has 1 saturated heterocycles. The Balaban J connectivity index is 1.56. The number of benzene rings is 2. The zero-order chi connectivity index (χ0) is 16.5. The van der Waals surface area contributed by atoms with Crippen LogP contribution in [0.5, 0.6) is 0 Å². The van der Waals surface area contributed by atoms with E-state index in [0.29, 0.717) is 12.6 Å². The van der Waals surface area contributed by atoms with Gasteiger partial charge in [-0.3, -0.25) is 9.69 Å². The Labute approximate surface area is 142 Å². The molecule has 1 fully saturated rings. The molecule has 0 spiro atoms. The number of likely N-dealkylation sites (tertiary alicyclic amines) is 1. The molecule has 2 aromatic carbocycles. The molecule has 0 bridgehead atoms. The topological polar surface area (TPSA) is 36.1 Å². The van der Waals surface area contributed by atoms with Crippen LogP contribution in [0, 0.1) is 6.92 Å². The van der Waals surface area contributed by atoms with Gasteiger partial charge in [-0.05, 0) is 37.9 Å². The van der Waals surface area contributed by atoms with E-state index in [1.165, 1.54) is 11.1 Å². The summed E-state index contributed by atoms with van der Waals surface area (Å²) in [5.74, 6) is 0.201. The Bertz CT molecular complexity index is 880. The fraction of sp³-hybridized carbons (Fsp3) is 0.286. The number of carbonyl (C=O) groups is 1. The molecular weight excluding hydrogens is 296 g/mol. The van der Waals surface area contributed by atoms with Gasteiger partial charge >= 0.3 is 0 Å². The standard InChI is InChI=1S/C21H22N2O/c1-15-6-4-7-16(12-15)20-10-5-11-23(20)14-21(24)18-13-22-19-9-3-2-8-17(18)19/h2-4,6-9,12-13,20,22H,5,10-11,14H2,1H3. The summed E-state index contributed by atoms with van der Waals surface area (Å²) in [6.07, 6.45) is 4.13. The summed E-state index contributed by atoms with van der Waals surface area (Å²) in [7, 11) is 0. The second-order valence-corrected chi connectivity index (χ2v) is 6.71. The number of Topliss-reactive ketones (excluding diaryl/α,β-unsaturated/α-hetero) is 1. The summed E-state index contributed by atoms with van der Waals surface area (Å²) < 4.78 is 0. The van der Waals surface area contributed by atoms with Gasteiger partial charge < -0.3 is 4.98 Å². The van der Waals surface area contributed by atoms with Crippen molar-refractivity contribution in [2.45, 2.75) is 25.8 Å². The SMILES string of the molecule is Cc1cccc(C2CCCN2CC(=O)c2c[nH]c3ccccc23)c1. The van der Waals surface area contributed by atoms with Gasteiger partial charge in [0, 0.05) is 28.7 Å². The molecule has 1 aromatic heterocycles. The quantitative estimate of drug-likeness (QED) is 0.719. The minimum absolute atomic E-state index is 0.201. The summed E-state index contributed by atoms with van der Waals surface area (Å²) >= 11 is 0. The van der Waals surface area contributed by atoms with E-state index in [1.807, 2.05) is 30.5 Å². The maximum atomic E-state index is 12.9. The number of ketones is 1. The molecule has 1 N–H and O–H groups in total. The van der Waals surface area contributed by atoms with E-state index in [0.717, 1.165) is 35.9 Å². The molecule has 0 radical (unpaired) electrons. The van der Waals surface area contributed by atoms with Crippen molar-refractivity contribution in [3.8, 4) is 0 Å². The number of hydrogen-bond donors (Lipinski definition) is 1. The first-order valence-corrected chi connectivity index (χ1v) is 8.62. The number of para-hydroxylation sites is 1. The second-order valence-electron chi connectivity index (χ2n) is 6.71. The van der Waals surface area contributed by atoms with Crippen molar-refractivity contribution in [3.05, 3.63) is 71.4 Å². The van der Waals surface area contributed by atoms with Crippen molar-refractivity contribution in [1.29, 1.82) is 0 Å². The van der Waals surface area contributed by atoms with Gasteiger partial charge in [-0.25, -0.2) is 0 Å². The van der Waals surface area contributed by atoms with Crippen LogP contribution in [0.25, 0.3) is 10.9 Å². The van der Waals surface area contributed by atoms with Gasteiger partial charge in [0.05, 0.1) is 6.54 Å². The molecule has 1 unspecified atom stereocenters. The maximum absolute atomic E-state index is 12.9. The lowest BCUT2D eigenvalue weighted by atomic mass is 10.0. The lowest BCUT2D eigenvalue weighted by Gasteiger charge is -2.24. The highest BCUT2D eigenvalue weighted by Crippen LogP contribution is 2.32. The number of nitrogens with zero attached hydrogens (tertiary/aromatic N) is 1. The fourth-order valence-corrected chi connectivity index (χ4v) is 3.84. The zero-order valence-electron chi connectivity index (χ0n) is 14.0. The summed E-state index contributed by atoms with van der Waals surface area (Å²) in [4.78, 5) is 18.4. The van der Waals surface area contributed by atoms with E-state index in [2.05, 4.69) is 41.1 Å². The average molecular weight is 318 g/mol. The average Bonchev–Trinajstić information content (AvgIpc) is 3.21. The summed E-state index contributed by atoms with van der Waals surface area (Å²) in [6.45, 7) is 3.60. The monoisotopic (exact) mass is 318 g/mol. The van der Waals surface area contributed by atoms with Crippen LogP contribution in [0.4, 0.5) is 0 Å². The van der Waals surface area contributed by atoms with Crippen LogP contribution in [0.1, 0.15) is 40.4 Å². The molecular formula is C21H22N2O. The van der Waals surface area contributed by atoms with E-state index in [-0.39, 0.29) is 5.78 Å². The van der Waals surface area contributed by atoms with Crippen molar-refractivity contribution >= 4 is 16.7 Å². The van der Waals surface area contributed by atoms with Crippen LogP contribution in [0.3, 0.4) is 0 Å². The number of aromatic nitrogens is 1. The van der Waals surface area contributed by atoms with Crippen molar-refractivity contribution in [2.75, 3.05) is 13.1 Å². The molecule has 4 rings (SSSR count). The van der Waals surface area contributed by atoms with E-state index in [1.54, 1.807) is 0 Å². The number of fused-ring (bicyclic) bond motifs is 1. The van der Waals surface area contributed by atoms with Crippen LogP contribution in [-0.2, 0) is 0 Å². The highest BCUT2D eigenvalue weighted by atomic mass is 16.1. The molecule has 1 aliphatic heterocycles. The number of carbonyl (C=O) groups excluding carboxylic acids is 1. The number of aromatic amines is 1. The van der Waals surface area contributed by atoms with Crippen molar-refractivity contribution in [1.82, 2.24) is 9.88 Å². The minimum Gasteiger partial charge on any atom is -0.360 e. The number of aryl methyl sites for hydroxylation is 1. The van der Waals surface area contributed by atoms with E-state index < -0.39 is 0 Å².